The minimum atomic E-state index is -0.747. The molecule has 0 aliphatic carbocycles. The third kappa shape index (κ3) is 4.55. The molecule has 1 N–H and O–H groups in total. The number of carbonyl (C=O) groups is 1. The van der Waals surface area contributed by atoms with Crippen molar-refractivity contribution in [3.8, 4) is 22.7 Å². The van der Waals surface area contributed by atoms with Crippen molar-refractivity contribution in [1.82, 2.24) is 14.7 Å². The van der Waals surface area contributed by atoms with Crippen molar-refractivity contribution < 1.29 is 19.0 Å². The lowest BCUT2D eigenvalue weighted by Gasteiger charge is -2.26. The van der Waals surface area contributed by atoms with E-state index in [1.807, 2.05) is 24.3 Å². The molecule has 9 heteroatoms. The van der Waals surface area contributed by atoms with Gasteiger partial charge in [-0.25, -0.2) is 4.68 Å². The molecule has 3 heterocycles. The van der Waals surface area contributed by atoms with Gasteiger partial charge in [0, 0.05) is 30.2 Å². The third-order valence-corrected chi connectivity index (χ3v) is 6.14. The number of aromatic nitrogens is 2. The van der Waals surface area contributed by atoms with Gasteiger partial charge in [-0.05, 0) is 36.4 Å². The van der Waals surface area contributed by atoms with E-state index in [0.29, 0.717) is 47.5 Å². The van der Waals surface area contributed by atoms with Crippen LogP contribution in [0.15, 0.2) is 53.3 Å². The fraction of sp³-hybridized carbons (Fsp3) is 0.333. The first kappa shape index (κ1) is 21.8. The van der Waals surface area contributed by atoms with E-state index in [-0.39, 0.29) is 18.6 Å². The number of para-hydroxylation sites is 1. The summed E-state index contributed by atoms with van der Waals surface area (Å²) >= 11 is 6.00. The Balaban J connectivity index is 1.38. The van der Waals surface area contributed by atoms with Gasteiger partial charge in [0.05, 0.1) is 36.6 Å². The van der Waals surface area contributed by atoms with Gasteiger partial charge in [-0.2, -0.15) is 0 Å². The normalized spacial score (nSPS) is 17.7. The van der Waals surface area contributed by atoms with Gasteiger partial charge in [0.1, 0.15) is 18.5 Å². The molecule has 1 fully saturated rings. The molecule has 1 atom stereocenters. The smallest absolute Gasteiger partial charge is 0.309 e. The Labute approximate surface area is 195 Å². The number of aromatic amines is 1. The molecule has 2 aliphatic heterocycles. The lowest BCUT2D eigenvalue weighted by molar-refractivity contribution is -0.146. The Morgan fingerprint density at radius 3 is 2.67 bits per heavy atom. The number of H-pyrrole nitrogens is 1. The van der Waals surface area contributed by atoms with E-state index in [2.05, 4.69) is 10.00 Å². The van der Waals surface area contributed by atoms with Crippen molar-refractivity contribution in [1.29, 1.82) is 0 Å². The molecule has 0 amide bonds. The zero-order valence-corrected chi connectivity index (χ0v) is 18.7. The van der Waals surface area contributed by atoms with E-state index in [4.69, 9.17) is 25.8 Å². The Bertz CT molecular complexity index is 1200. The van der Waals surface area contributed by atoms with Crippen LogP contribution in [0.5, 0.6) is 5.75 Å². The summed E-state index contributed by atoms with van der Waals surface area (Å²) in [6, 6.07) is 14.4. The summed E-state index contributed by atoms with van der Waals surface area (Å²) in [5.74, 6) is 0.206. The number of ether oxygens (including phenoxy) is 3. The van der Waals surface area contributed by atoms with Gasteiger partial charge in [0.15, 0.2) is 0 Å². The molecule has 33 heavy (non-hydrogen) atoms. The lowest BCUT2D eigenvalue weighted by Crippen LogP contribution is -2.38. The predicted octanol–water partition coefficient (Wildman–Crippen LogP) is 3.19. The van der Waals surface area contributed by atoms with Crippen LogP contribution >= 0.6 is 11.6 Å². The fourth-order valence-electron chi connectivity index (χ4n) is 4.18. The largest absolute Gasteiger partial charge is 0.484 e. The summed E-state index contributed by atoms with van der Waals surface area (Å²) in [5.41, 5.74) is 2.20. The summed E-state index contributed by atoms with van der Waals surface area (Å²) in [4.78, 5) is 28.2. The van der Waals surface area contributed by atoms with Crippen molar-refractivity contribution in [2.24, 2.45) is 0 Å². The number of hydrogen-bond donors (Lipinski definition) is 1. The molecular formula is C24H24ClN3O5. The van der Waals surface area contributed by atoms with Gasteiger partial charge in [-0.3, -0.25) is 19.6 Å². The average molecular weight is 470 g/mol. The van der Waals surface area contributed by atoms with Crippen LogP contribution in [0.1, 0.15) is 18.1 Å². The second-order valence-corrected chi connectivity index (χ2v) is 8.44. The highest BCUT2D eigenvalue weighted by atomic mass is 35.5. The molecule has 0 radical (unpaired) electrons. The number of rotatable bonds is 6. The van der Waals surface area contributed by atoms with Crippen molar-refractivity contribution in [3.05, 3.63) is 69.5 Å². The molecule has 1 unspecified atom stereocenters. The zero-order chi connectivity index (χ0) is 22.8. The van der Waals surface area contributed by atoms with E-state index in [0.717, 1.165) is 18.7 Å². The maximum Gasteiger partial charge on any atom is 0.309 e. The quantitative estimate of drug-likeness (QED) is 0.558. The molecule has 2 aliphatic rings. The van der Waals surface area contributed by atoms with Crippen molar-refractivity contribution in [2.75, 3.05) is 39.5 Å². The number of morpholine rings is 1. The Morgan fingerprint density at radius 2 is 1.88 bits per heavy atom. The second-order valence-electron chi connectivity index (χ2n) is 8.00. The van der Waals surface area contributed by atoms with Gasteiger partial charge < -0.3 is 14.2 Å². The monoisotopic (exact) mass is 469 g/mol. The third-order valence-electron chi connectivity index (χ3n) is 5.89. The molecule has 0 spiro atoms. The SMILES string of the molecule is O=C(CC1Oc2ccccc2-c2[nH]n(-c3ccc(Cl)cc3)c(=O)c21)OCCN1CCOCC1. The molecule has 8 nitrogen and oxygen atoms in total. The highest BCUT2D eigenvalue weighted by Gasteiger charge is 2.34. The summed E-state index contributed by atoms with van der Waals surface area (Å²) in [5, 5.41) is 3.77. The minimum absolute atomic E-state index is 0.0574. The Kier molecular flexibility index (Phi) is 6.22. The molecule has 1 aromatic heterocycles. The number of fused-ring (bicyclic) bond motifs is 3. The average Bonchev–Trinajstić information content (AvgIpc) is 3.18. The van der Waals surface area contributed by atoms with Gasteiger partial charge in [-0.1, -0.05) is 23.7 Å². The van der Waals surface area contributed by atoms with Crippen LogP contribution in [0.4, 0.5) is 0 Å². The number of halogens is 1. The van der Waals surface area contributed by atoms with Crippen LogP contribution in [0.3, 0.4) is 0 Å². The van der Waals surface area contributed by atoms with Crippen LogP contribution in [-0.2, 0) is 14.3 Å². The standard InChI is InChI=1S/C24H24ClN3O5/c25-16-5-7-17(8-6-16)28-24(30)22-20(33-19-4-2-1-3-18(19)23(22)26-28)15-21(29)32-14-11-27-9-12-31-13-10-27/h1-8,20,26H,9-15H2. The number of esters is 1. The minimum Gasteiger partial charge on any atom is -0.484 e. The summed E-state index contributed by atoms with van der Waals surface area (Å²) in [6.45, 7) is 3.99. The zero-order valence-electron chi connectivity index (χ0n) is 18.0. The Morgan fingerprint density at radius 1 is 1.12 bits per heavy atom. The van der Waals surface area contributed by atoms with Crippen LogP contribution < -0.4 is 10.3 Å². The van der Waals surface area contributed by atoms with Crippen molar-refractivity contribution >= 4 is 17.6 Å². The highest BCUT2D eigenvalue weighted by molar-refractivity contribution is 6.30. The lowest BCUT2D eigenvalue weighted by atomic mass is 9.98. The summed E-state index contributed by atoms with van der Waals surface area (Å²) < 4.78 is 18.3. The van der Waals surface area contributed by atoms with Gasteiger partial charge in [0.25, 0.3) is 5.56 Å². The first-order valence-corrected chi connectivity index (χ1v) is 11.3. The molecule has 1 saturated heterocycles. The van der Waals surface area contributed by atoms with E-state index in [1.165, 1.54) is 4.68 Å². The van der Waals surface area contributed by atoms with Gasteiger partial charge in [-0.15, -0.1) is 0 Å². The number of nitrogens with one attached hydrogen (secondary N) is 1. The Hall–Kier alpha value is -3.07. The van der Waals surface area contributed by atoms with Crippen LogP contribution in [0, 0.1) is 0 Å². The maximum atomic E-state index is 13.4. The predicted molar refractivity (Wildman–Crippen MR) is 123 cm³/mol. The van der Waals surface area contributed by atoms with Gasteiger partial charge in [0.2, 0.25) is 0 Å². The number of benzene rings is 2. The van der Waals surface area contributed by atoms with E-state index >= 15 is 0 Å². The number of carbonyl (C=O) groups excluding carboxylic acids is 1. The molecule has 2 aromatic carbocycles. The topological polar surface area (TPSA) is 85.8 Å². The molecule has 5 rings (SSSR count). The summed E-state index contributed by atoms with van der Waals surface area (Å²) in [7, 11) is 0. The van der Waals surface area contributed by atoms with E-state index < -0.39 is 12.1 Å². The molecular weight excluding hydrogens is 446 g/mol. The van der Waals surface area contributed by atoms with Gasteiger partial charge >= 0.3 is 5.97 Å². The van der Waals surface area contributed by atoms with Crippen LogP contribution in [-0.4, -0.2) is 60.1 Å². The maximum absolute atomic E-state index is 13.4. The molecule has 3 aromatic rings. The van der Waals surface area contributed by atoms with E-state index in [1.54, 1.807) is 24.3 Å². The van der Waals surface area contributed by atoms with Crippen LogP contribution in [0.2, 0.25) is 5.02 Å². The summed E-state index contributed by atoms with van der Waals surface area (Å²) in [6.07, 6.45) is -0.805. The second kappa shape index (κ2) is 9.43. The first-order chi connectivity index (χ1) is 16.1. The highest BCUT2D eigenvalue weighted by Crippen LogP contribution is 2.41. The molecule has 172 valence electrons. The number of hydrogen-bond acceptors (Lipinski definition) is 6. The first-order valence-electron chi connectivity index (χ1n) is 10.9. The van der Waals surface area contributed by atoms with Crippen LogP contribution in [0.25, 0.3) is 16.9 Å². The molecule has 0 bridgehead atoms. The van der Waals surface area contributed by atoms with E-state index in [9.17, 15) is 9.59 Å². The molecule has 0 saturated carbocycles. The fourth-order valence-corrected chi connectivity index (χ4v) is 4.31. The van der Waals surface area contributed by atoms with Crippen molar-refractivity contribution in [2.45, 2.75) is 12.5 Å². The number of nitrogens with zero attached hydrogens (tertiary/aromatic N) is 2. The van der Waals surface area contributed by atoms with Crippen molar-refractivity contribution in [3.63, 3.8) is 0 Å².